The van der Waals surface area contributed by atoms with E-state index in [2.05, 4.69) is 30.2 Å². The lowest BCUT2D eigenvalue weighted by molar-refractivity contribution is 0.0320. The van der Waals surface area contributed by atoms with Crippen molar-refractivity contribution in [1.29, 1.82) is 0 Å². The van der Waals surface area contributed by atoms with Gasteiger partial charge in [-0.1, -0.05) is 0 Å². The second-order valence-corrected chi connectivity index (χ2v) is 7.64. The lowest BCUT2D eigenvalue weighted by atomic mass is 10.3. The highest BCUT2D eigenvalue weighted by molar-refractivity contribution is 5.89. The molecule has 0 aliphatic carbocycles. The number of fused-ring (bicyclic) bond motifs is 1. The number of nitrogens with zero attached hydrogens (tertiary/aromatic N) is 7. The number of hydrogen-bond acceptors (Lipinski definition) is 9. The zero-order chi connectivity index (χ0) is 22.6. The Balaban J connectivity index is 1.33. The number of hydrogen-bond donors (Lipinski definition) is 1. The zero-order valence-electron chi connectivity index (χ0n) is 18.2. The highest BCUT2D eigenvalue weighted by Gasteiger charge is 2.12. The van der Waals surface area contributed by atoms with Gasteiger partial charge in [0, 0.05) is 51.2 Å². The van der Waals surface area contributed by atoms with Crippen molar-refractivity contribution >= 4 is 22.4 Å². The first-order chi connectivity index (χ1) is 16.2. The summed E-state index contributed by atoms with van der Waals surface area (Å²) < 4.78 is 14.4. The van der Waals surface area contributed by atoms with Gasteiger partial charge in [0.25, 0.3) is 5.56 Å². The topological polar surface area (TPSA) is 112 Å². The molecule has 5 rings (SSSR count). The molecule has 4 aromatic heterocycles. The molecule has 1 saturated heterocycles. The van der Waals surface area contributed by atoms with Crippen molar-refractivity contribution in [3.63, 3.8) is 0 Å². The molecule has 0 amide bonds. The maximum absolute atomic E-state index is 12.5. The van der Waals surface area contributed by atoms with E-state index < -0.39 is 0 Å². The second-order valence-electron chi connectivity index (χ2n) is 7.64. The number of rotatable bonds is 7. The van der Waals surface area contributed by atoms with E-state index in [4.69, 9.17) is 9.47 Å². The third kappa shape index (κ3) is 4.69. The quantitative estimate of drug-likeness (QED) is 0.448. The van der Waals surface area contributed by atoms with E-state index in [9.17, 15) is 4.79 Å². The van der Waals surface area contributed by atoms with Gasteiger partial charge in [0.2, 0.25) is 11.8 Å². The van der Waals surface area contributed by atoms with Gasteiger partial charge in [0.15, 0.2) is 0 Å². The van der Waals surface area contributed by atoms with E-state index in [0.29, 0.717) is 40.8 Å². The predicted octanol–water partition coefficient (Wildman–Crippen LogP) is 1.36. The summed E-state index contributed by atoms with van der Waals surface area (Å²) in [5.41, 5.74) is 2.35. The van der Waals surface area contributed by atoms with Crippen molar-refractivity contribution in [3.8, 4) is 11.8 Å². The molecule has 5 heterocycles. The minimum atomic E-state index is -0.167. The number of ether oxygens (including phenoxy) is 2. The Labute approximate surface area is 189 Å². The van der Waals surface area contributed by atoms with Gasteiger partial charge in [-0.05, 0) is 6.07 Å². The molecular weight excluding hydrogens is 424 g/mol. The van der Waals surface area contributed by atoms with Gasteiger partial charge in [-0.3, -0.25) is 14.3 Å². The van der Waals surface area contributed by atoms with Crippen LogP contribution in [0.5, 0.6) is 5.88 Å². The van der Waals surface area contributed by atoms with Gasteiger partial charge in [-0.25, -0.2) is 19.9 Å². The molecule has 0 aromatic carbocycles. The first kappa shape index (κ1) is 21.0. The van der Waals surface area contributed by atoms with Crippen LogP contribution in [0.1, 0.15) is 0 Å². The van der Waals surface area contributed by atoms with Crippen LogP contribution in [-0.4, -0.2) is 73.4 Å². The summed E-state index contributed by atoms with van der Waals surface area (Å²) in [5, 5.41) is 3.25. The Bertz CT molecular complexity index is 1280. The van der Waals surface area contributed by atoms with Crippen LogP contribution in [0.25, 0.3) is 17.0 Å². The molecule has 11 heteroatoms. The largest absolute Gasteiger partial charge is 0.476 e. The maximum Gasteiger partial charge on any atom is 0.252 e. The summed E-state index contributed by atoms with van der Waals surface area (Å²) in [7, 11) is 1.69. The van der Waals surface area contributed by atoms with Crippen LogP contribution in [-0.2, 0) is 11.8 Å². The van der Waals surface area contributed by atoms with Crippen LogP contribution >= 0.6 is 0 Å². The standard InChI is InChI=1S/C22H24N8O3/c1-28-18-14-25-22(30-5-4-23-15-30)27-21(18)17(12-20(28)31)26-16-2-3-19(24-13-16)33-11-8-29-6-9-32-10-7-29/h2-5,12-15,26H,6-11H2,1H3. The fraction of sp³-hybridized carbons (Fsp3) is 0.318. The Morgan fingerprint density at radius 2 is 2.06 bits per heavy atom. The monoisotopic (exact) mass is 448 g/mol. The molecule has 4 aromatic rings. The second kappa shape index (κ2) is 9.35. The minimum Gasteiger partial charge on any atom is -0.476 e. The van der Waals surface area contributed by atoms with Crippen molar-refractivity contribution in [2.24, 2.45) is 7.05 Å². The van der Waals surface area contributed by atoms with Crippen molar-refractivity contribution in [1.82, 2.24) is 34.0 Å². The third-order valence-electron chi connectivity index (χ3n) is 5.48. The molecule has 0 spiro atoms. The molecule has 0 unspecified atom stereocenters. The molecule has 0 radical (unpaired) electrons. The van der Waals surface area contributed by atoms with Crippen LogP contribution < -0.4 is 15.6 Å². The fourth-order valence-electron chi connectivity index (χ4n) is 3.61. The van der Waals surface area contributed by atoms with E-state index >= 15 is 0 Å². The number of imidazole rings is 1. The maximum atomic E-state index is 12.5. The smallest absolute Gasteiger partial charge is 0.252 e. The summed E-state index contributed by atoms with van der Waals surface area (Å²) in [6.07, 6.45) is 8.35. The molecule has 1 fully saturated rings. The van der Waals surface area contributed by atoms with Crippen molar-refractivity contribution < 1.29 is 9.47 Å². The highest BCUT2D eigenvalue weighted by atomic mass is 16.5. The van der Waals surface area contributed by atoms with Crippen LogP contribution in [0.3, 0.4) is 0 Å². The van der Waals surface area contributed by atoms with Crippen LogP contribution in [0.4, 0.5) is 11.4 Å². The average Bonchev–Trinajstić information content (AvgIpc) is 3.39. The van der Waals surface area contributed by atoms with Crippen molar-refractivity contribution in [2.75, 3.05) is 44.8 Å². The molecule has 1 aliphatic heterocycles. The van der Waals surface area contributed by atoms with Crippen molar-refractivity contribution in [3.05, 3.63) is 59.7 Å². The van der Waals surface area contributed by atoms with Gasteiger partial charge in [-0.2, -0.15) is 0 Å². The number of nitrogens with one attached hydrogen (secondary N) is 1. The molecule has 170 valence electrons. The molecule has 11 nitrogen and oxygen atoms in total. The summed E-state index contributed by atoms with van der Waals surface area (Å²) in [4.78, 5) is 32.2. The zero-order valence-corrected chi connectivity index (χ0v) is 18.2. The van der Waals surface area contributed by atoms with Gasteiger partial charge in [0.05, 0.1) is 42.5 Å². The highest BCUT2D eigenvalue weighted by Crippen LogP contribution is 2.24. The van der Waals surface area contributed by atoms with E-state index in [1.54, 1.807) is 48.8 Å². The Kier molecular flexibility index (Phi) is 5.96. The molecule has 1 aliphatic rings. The van der Waals surface area contributed by atoms with Crippen molar-refractivity contribution in [2.45, 2.75) is 0 Å². The first-order valence-electron chi connectivity index (χ1n) is 10.7. The SMILES string of the molecule is Cn1c(=O)cc(Nc2ccc(OCCN3CCOCC3)nc2)c2nc(-n3ccnc3)ncc21. The number of pyridine rings is 2. The lowest BCUT2D eigenvalue weighted by Crippen LogP contribution is -2.38. The normalized spacial score (nSPS) is 14.5. The van der Waals surface area contributed by atoms with E-state index in [1.165, 1.54) is 10.6 Å². The Morgan fingerprint density at radius 1 is 1.18 bits per heavy atom. The predicted molar refractivity (Wildman–Crippen MR) is 122 cm³/mol. The Hall–Kier alpha value is -3.83. The number of aromatic nitrogens is 6. The van der Waals surface area contributed by atoms with Gasteiger partial charge >= 0.3 is 0 Å². The molecule has 33 heavy (non-hydrogen) atoms. The van der Waals surface area contributed by atoms with Gasteiger partial charge in [-0.15, -0.1) is 0 Å². The molecular formula is C22H24N8O3. The van der Waals surface area contributed by atoms with E-state index in [0.717, 1.165) is 32.8 Å². The van der Waals surface area contributed by atoms with Gasteiger partial charge < -0.3 is 19.4 Å². The minimum absolute atomic E-state index is 0.167. The number of anilines is 2. The van der Waals surface area contributed by atoms with Crippen LogP contribution in [0.2, 0.25) is 0 Å². The van der Waals surface area contributed by atoms with Crippen LogP contribution in [0, 0.1) is 0 Å². The Morgan fingerprint density at radius 3 is 2.82 bits per heavy atom. The molecule has 0 bridgehead atoms. The first-order valence-corrected chi connectivity index (χ1v) is 10.7. The van der Waals surface area contributed by atoms with E-state index in [1.807, 2.05) is 6.07 Å². The van der Waals surface area contributed by atoms with Gasteiger partial charge in [0.1, 0.15) is 18.5 Å². The summed E-state index contributed by atoms with van der Waals surface area (Å²) in [6, 6.07) is 5.18. The van der Waals surface area contributed by atoms with E-state index in [-0.39, 0.29) is 5.56 Å². The molecule has 1 N–H and O–H groups in total. The fourth-order valence-corrected chi connectivity index (χ4v) is 3.61. The average molecular weight is 448 g/mol. The molecule has 0 saturated carbocycles. The number of aryl methyl sites for hydroxylation is 1. The summed E-state index contributed by atoms with van der Waals surface area (Å²) >= 11 is 0. The summed E-state index contributed by atoms with van der Waals surface area (Å²) in [5.74, 6) is 1.01. The summed E-state index contributed by atoms with van der Waals surface area (Å²) in [6.45, 7) is 4.79. The van der Waals surface area contributed by atoms with Crippen LogP contribution in [0.15, 0.2) is 54.1 Å². The third-order valence-corrected chi connectivity index (χ3v) is 5.48. The molecule has 0 atom stereocenters. The lowest BCUT2D eigenvalue weighted by Gasteiger charge is -2.26. The number of morpholine rings is 1.